The number of hydrogen-bond acceptors (Lipinski definition) is 3. The molecule has 0 aliphatic rings. The van der Waals surface area contributed by atoms with E-state index in [-0.39, 0.29) is 5.97 Å². The molecule has 0 amide bonds. The number of carbonyl (C=O) groups is 1. The number of benzene rings is 1. The van der Waals surface area contributed by atoms with Crippen molar-refractivity contribution in [3.8, 4) is 11.3 Å². The van der Waals surface area contributed by atoms with Crippen LogP contribution in [0.1, 0.15) is 23.0 Å². The first-order valence-electron chi connectivity index (χ1n) is 5.55. The van der Waals surface area contributed by atoms with E-state index in [9.17, 15) is 4.79 Å². The second-order valence-electron chi connectivity index (χ2n) is 3.67. The van der Waals surface area contributed by atoms with Crippen LogP contribution in [0.3, 0.4) is 0 Å². The van der Waals surface area contributed by atoms with E-state index in [0.29, 0.717) is 23.7 Å². The van der Waals surface area contributed by atoms with Gasteiger partial charge in [-0.3, -0.25) is 0 Å². The number of furan rings is 1. The molecular formula is C14H14O3. The highest BCUT2D eigenvalue weighted by atomic mass is 16.5. The van der Waals surface area contributed by atoms with E-state index in [1.165, 1.54) is 0 Å². The summed E-state index contributed by atoms with van der Waals surface area (Å²) in [4.78, 5) is 11.6. The zero-order chi connectivity index (χ0) is 12.3. The first kappa shape index (κ1) is 11.5. The van der Waals surface area contributed by atoms with E-state index in [1.54, 1.807) is 19.9 Å². The first-order valence-corrected chi connectivity index (χ1v) is 5.55. The van der Waals surface area contributed by atoms with E-state index in [2.05, 4.69) is 0 Å². The molecule has 0 unspecified atom stereocenters. The summed E-state index contributed by atoms with van der Waals surface area (Å²) in [6, 6.07) is 11.4. The number of rotatable bonds is 3. The van der Waals surface area contributed by atoms with E-state index in [0.717, 1.165) is 5.56 Å². The summed E-state index contributed by atoms with van der Waals surface area (Å²) in [7, 11) is 0. The van der Waals surface area contributed by atoms with Gasteiger partial charge in [-0.1, -0.05) is 30.3 Å². The molecule has 3 heteroatoms. The zero-order valence-corrected chi connectivity index (χ0v) is 9.90. The van der Waals surface area contributed by atoms with Crippen molar-refractivity contribution in [2.75, 3.05) is 6.61 Å². The molecule has 0 saturated heterocycles. The lowest BCUT2D eigenvalue weighted by atomic mass is 10.1. The van der Waals surface area contributed by atoms with Crippen LogP contribution in [0.4, 0.5) is 0 Å². The molecule has 1 aromatic carbocycles. The molecule has 0 atom stereocenters. The lowest BCUT2D eigenvalue weighted by Gasteiger charge is -1.97. The fourth-order valence-electron chi connectivity index (χ4n) is 1.64. The topological polar surface area (TPSA) is 39.4 Å². The van der Waals surface area contributed by atoms with Crippen LogP contribution < -0.4 is 0 Å². The third-order valence-corrected chi connectivity index (χ3v) is 2.47. The monoisotopic (exact) mass is 230 g/mol. The van der Waals surface area contributed by atoms with Crippen molar-refractivity contribution in [3.63, 3.8) is 0 Å². The molecule has 0 aliphatic carbocycles. The minimum absolute atomic E-state index is 0.337. The fourth-order valence-corrected chi connectivity index (χ4v) is 1.64. The molecule has 88 valence electrons. The number of carbonyl (C=O) groups excluding carboxylic acids is 1. The number of ether oxygens (including phenoxy) is 1. The third-order valence-electron chi connectivity index (χ3n) is 2.47. The highest BCUT2D eigenvalue weighted by Crippen LogP contribution is 2.25. The quantitative estimate of drug-likeness (QED) is 0.758. The maximum Gasteiger partial charge on any atom is 0.341 e. The first-order chi connectivity index (χ1) is 8.22. The Morgan fingerprint density at radius 2 is 2.00 bits per heavy atom. The van der Waals surface area contributed by atoms with Crippen LogP contribution >= 0.6 is 0 Å². The van der Waals surface area contributed by atoms with Gasteiger partial charge in [0.1, 0.15) is 17.1 Å². The van der Waals surface area contributed by atoms with Gasteiger partial charge in [-0.15, -0.1) is 0 Å². The standard InChI is InChI=1S/C14H14O3/c1-3-16-14(15)12-9-13(17-10(12)2)11-7-5-4-6-8-11/h4-9H,3H2,1-2H3. The predicted octanol–water partition coefficient (Wildman–Crippen LogP) is 3.43. The van der Waals surface area contributed by atoms with Crippen molar-refractivity contribution >= 4 is 5.97 Å². The Morgan fingerprint density at radius 1 is 1.29 bits per heavy atom. The van der Waals surface area contributed by atoms with Gasteiger partial charge in [0.15, 0.2) is 0 Å². The average molecular weight is 230 g/mol. The summed E-state index contributed by atoms with van der Waals surface area (Å²) in [6.45, 7) is 3.91. The van der Waals surface area contributed by atoms with Gasteiger partial charge in [-0.25, -0.2) is 4.79 Å². The van der Waals surface area contributed by atoms with E-state index in [4.69, 9.17) is 9.15 Å². The Morgan fingerprint density at radius 3 is 2.65 bits per heavy atom. The van der Waals surface area contributed by atoms with Gasteiger partial charge in [0, 0.05) is 5.56 Å². The van der Waals surface area contributed by atoms with Crippen molar-refractivity contribution in [1.29, 1.82) is 0 Å². The van der Waals surface area contributed by atoms with E-state index >= 15 is 0 Å². The van der Waals surface area contributed by atoms with Crippen LogP contribution in [-0.4, -0.2) is 12.6 Å². The molecule has 0 fully saturated rings. The summed E-state index contributed by atoms with van der Waals surface area (Å²) >= 11 is 0. The van der Waals surface area contributed by atoms with Crippen LogP contribution in [0.25, 0.3) is 11.3 Å². The van der Waals surface area contributed by atoms with E-state index < -0.39 is 0 Å². The molecule has 0 radical (unpaired) electrons. The normalized spacial score (nSPS) is 10.2. The number of hydrogen-bond donors (Lipinski definition) is 0. The molecule has 2 rings (SSSR count). The molecule has 17 heavy (non-hydrogen) atoms. The molecule has 2 aromatic rings. The highest BCUT2D eigenvalue weighted by Gasteiger charge is 2.16. The molecule has 0 bridgehead atoms. The second kappa shape index (κ2) is 4.87. The molecule has 0 N–H and O–H groups in total. The molecule has 0 spiro atoms. The lowest BCUT2D eigenvalue weighted by Crippen LogP contribution is -2.04. The van der Waals surface area contributed by atoms with Crippen LogP contribution in [0.5, 0.6) is 0 Å². The predicted molar refractivity (Wildman–Crippen MR) is 64.8 cm³/mol. The van der Waals surface area contributed by atoms with Crippen molar-refractivity contribution in [3.05, 3.63) is 47.7 Å². The summed E-state index contributed by atoms with van der Waals surface area (Å²) in [5.74, 6) is 0.935. The van der Waals surface area contributed by atoms with Crippen molar-refractivity contribution in [2.24, 2.45) is 0 Å². The molecule has 1 aromatic heterocycles. The van der Waals surface area contributed by atoms with Gasteiger partial charge in [-0.2, -0.15) is 0 Å². The Balaban J connectivity index is 2.34. The van der Waals surface area contributed by atoms with Crippen LogP contribution in [0.2, 0.25) is 0 Å². The zero-order valence-electron chi connectivity index (χ0n) is 9.90. The number of esters is 1. The molecule has 0 saturated carbocycles. The SMILES string of the molecule is CCOC(=O)c1cc(-c2ccccc2)oc1C. The summed E-state index contributed by atoms with van der Waals surface area (Å²) < 4.78 is 10.5. The minimum Gasteiger partial charge on any atom is -0.462 e. The van der Waals surface area contributed by atoms with Crippen molar-refractivity contribution in [2.45, 2.75) is 13.8 Å². The van der Waals surface area contributed by atoms with E-state index in [1.807, 2.05) is 30.3 Å². The molecule has 0 aliphatic heterocycles. The summed E-state index contributed by atoms with van der Waals surface area (Å²) in [5, 5.41) is 0. The Kier molecular flexibility index (Phi) is 3.28. The Hall–Kier alpha value is -2.03. The molecular weight excluding hydrogens is 216 g/mol. The maximum atomic E-state index is 11.6. The van der Waals surface area contributed by atoms with Crippen LogP contribution in [0.15, 0.2) is 40.8 Å². The second-order valence-corrected chi connectivity index (χ2v) is 3.67. The molecule has 3 nitrogen and oxygen atoms in total. The van der Waals surface area contributed by atoms with Crippen LogP contribution in [0, 0.1) is 6.92 Å². The van der Waals surface area contributed by atoms with Crippen molar-refractivity contribution in [1.82, 2.24) is 0 Å². The number of aryl methyl sites for hydroxylation is 1. The van der Waals surface area contributed by atoms with Crippen molar-refractivity contribution < 1.29 is 13.9 Å². The fraction of sp³-hybridized carbons (Fsp3) is 0.214. The van der Waals surface area contributed by atoms with Gasteiger partial charge < -0.3 is 9.15 Å². The maximum absolute atomic E-state index is 11.6. The third kappa shape index (κ3) is 2.38. The summed E-state index contributed by atoms with van der Waals surface area (Å²) in [5.41, 5.74) is 1.44. The van der Waals surface area contributed by atoms with Gasteiger partial charge in [0.25, 0.3) is 0 Å². The largest absolute Gasteiger partial charge is 0.462 e. The van der Waals surface area contributed by atoms with Crippen LogP contribution in [-0.2, 0) is 4.74 Å². The lowest BCUT2D eigenvalue weighted by molar-refractivity contribution is 0.0524. The van der Waals surface area contributed by atoms with Gasteiger partial charge >= 0.3 is 5.97 Å². The Labute approximate surface area is 100 Å². The summed E-state index contributed by atoms with van der Waals surface area (Å²) in [6.07, 6.45) is 0. The minimum atomic E-state index is -0.337. The average Bonchev–Trinajstić information content (AvgIpc) is 2.73. The smallest absolute Gasteiger partial charge is 0.341 e. The van der Waals surface area contributed by atoms with Gasteiger partial charge in [-0.05, 0) is 19.9 Å². The molecule has 1 heterocycles. The highest BCUT2D eigenvalue weighted by molar-refractivity contribution is 5.91. The van der Waals surface area contributed by atoms with Gasteiger partial charge in [0.05, 0.1) is 6.61 Å². The Bertz CT molecular complexity index is 512. The van der Waals surface area contributed by atoms with Gasteiger partial charge in [0.2, 0.25) is 0 Å².